The molecule has 1 aromatic carbocycles. The molecular formula is C13H17NO3. The number of benzene rings is 1. The zero-order valence-corrected chi connectivity index (χ0v) is 10.1. The molecule has 1 fully saturated rings. The van der Waals surface area contributed by atoms with Gasteiger partial charge in [0.2, 0.25) is 0 Å². The van der Waals surface area contributed by atoms with Crippen LogP contribution in [0.1, 0.15) is 37.0 Å². The molecule has 4 nitrogen and oxygen atoms in total. The van der Waals surface area contributed by atoms with Crippen molar-refractivity contribution in [3.8, 4) is 11.5 Å². The van der Waals surface area contributed by atoms with Crippen LogP contribution in [0.15, 0.2) is 18.2 Å². The number of hydrogen-bond donors (Lipinski definition) is 1. The van der Waals surface area contributed by atoms with E-state index in [2.05, 4.69) is 0 Å². The largest absolute Gasteiger partial charge is 0.491 e. The third-order valence-electron chi connectivity index (χ3n) is 2.41. The zero-order valence-electron chi connectivity index (χ0n) is 10.1. The van der Waals surface area contributed by atoms with E-state index in [0.717, 1.165) is 12.8 Å². The van der Waals surface area contributed by atoms with E-state index in [4.69, 9.17) is 15.2 Å². The molecule has 2 N–H and O–H groups in total. The second-order valence-corrected chi connectivity index (χ2v) is 4.51. The van der Waals surface area contributed by atoms with Gasteiger partial charge in [0.25, 0.3) is 5.91 Å². The van der Waals surface area contributed by atoms with Crippen molar-refractivity contribution in [2.24, 2.45) is 5.73 Å². The zero-order chi connectivity index (χ0) is 12.4. The van der Waals surface area contributed by atoms with Crippen LogP contribution in [0.4, 0.5) is 0 Å². The minimum Gasteiger partial charge on any atom is -0.491 e. The average molecular weight is 235 g/mol. The fourth-order valence-corrected chi connectivity index (χ4v) is 1.52. The Balaban J connectivity index is 2.23. The van der Waals surface area contributed by atoms with Crippen molar-refractivity contribution in [2.75, 3.05) is 0 Å². The molecule has 1 aliphatic carbocycles. The van der Waals surface area contributed by atoms with Gasteiger partial charge in [0, 0.05) is 0 Å². The molecule has 0 spiro atoms. The lowest BCUT2D eigenvalue weighted by atomic mass is 10.2. The lowest BCUT2D eigenvalue weighted by Gasteiger charge is -2.13. The van der Waals surface area contributed by atoms with Crippen LogP contribution in [-0.4, -0.2) is 18.1 Å². The van der Waals surface area contributed by atoms with Crippen molar-refractivity contribution < 1.29 is 14.3 Å². The summed E-state index contributed by atoms with van der Waals surface area (Å²) in [5.41, 5.74) is 5.72. The Morgan fingerprint density at radius 1 is 1.41 bits per heavy atom. The Labute approximate surface area is 101 Å². The fraction of sp³-hybridized carbons (Fsp3) is 0.462. The number of amides is 1. The monoisotopic (exact) mass is 235 g/mol. The molecule has 0 bridgehead atoms. The summed E-state index contributed by atoms with van der Waals surface area (Å²) in [6.45, 7) is 3.86. The van der Waals surface area contributed by atoms with Crippen molar-refractivity contribution in [3.63, 3.8) is 0 Å². The predicted octanol–water partition coefficient (Wildman–Crippen LogP) is 2.11. The molecule has 4 heteroatoms. The van der Waals surface area contributed by atoms with Gasteiger partial charge in [-0.3, -0.25) is 4.79 Å². The van der Waals surface area contributed by atoms with E-state index in [1.807, 2.05) is 13.8 Å². The van der Waals surface area contributed by atoms with Gasteiger partial charge in [-0.25, -0.2) is 0 Å². The standard InChI is InChI=1S/C13H17NO3/c1-8(2)16-10-5-6-12(17-9-3-4-9)11(7-10)13(14)15/h5-9H,3-4H2,1-2H3,(H2,14,15). The number of primary amides is 1. The van der Waals surface area contributed by atoms with Crippen LogP contribution in [0, 0.1) is 0 Å². The highest BCUT2D eigenvalue weighted by molar-refractivity contribution is 5.96. The summed E-state index contributed by atoms with van der Waals surface area (Å²) in [4.78, 5) is 11.3. The highest BCUT2D eigenvalue weighted by Crippen LogP contribution is 2.31. The SMILES string of the molecule is CC(C)Oc1ccc(OC2CC2)c(C(N)=O)c1. The number of rotatable bonds is 5. The van der Waals surface area contributed by atoms with Crippen molar-refractivity contribution in [2.45, 2.75) is 38.9 Å². The number of nitrogens with two attached hydrogens (primary N) is 1. The van der Waals surface area contributed by atoms with Gasteiger partial charge in [-0.15, -0.1) is 0 Å². The summed E-state index contributed by atoms with van der Waals surface area (Å²) in [7, 11) is 0. The molecule has 2 rings (SSSR count). The molecule has 1 aliphatic rings. The topological polar surface area (TPSA) is 61.6 Å². The first-order chi connectivity index (χ1) is 8.06. The molecule has 0 aliphatic heterocycles. The maximum Gasteiger partial charge on any atom is 0.252 e. The minimum atomic E-state index is -0.491. The summed E-state index contributed by atoms with van der Waals surface area (Å²) in [6.07, 6.45) is 2.39. The summed E-state index contributed by atoms with van der Waals surface area (Å²) in [5, 5.41) is 0. The fourth-order valence-electron chi connectivity index (χ4n) is 1.52. The molecule has 1 aromatic rings. The number of hydrogen-bond acceptors (Lipinski definition) is 3. The van der Waals surface area contributed by atoms with Gasteiger partial charge in [0.1, 0.15) is 11.5 Å². The average Bonchev–Trinajstić information content (AvgIpc) is 3.03. The molecule has 1 amide bonds. The second-order valence-electron chi connectivity index (χ2n) is 4.51. The van der Waals surface area contributed by atoms with Gasteiger partial charge >= 0.3 is 0 Å². The van der Waals surface area contributed by atoms with E-state index >= 15 is 0 Å². The number of ether oxygens (including phenoxy) is 2. The van der Waals surface area contributed by atoms with E-state index in [-0.39, 0.29) is 12.2 Å². The van der Waals surface area contributed by atoms with E-state index in [0.29, 0.717) is 17.1 Å². The summed E-state index contributed by atoms with van der Waals surface area (Å²) in [5.74, 6) is 0.697. The second kappa shape index (κ2) is 4.65. The third-order valence-corrected chi connectivity index (χ3v) is 2.41. The predicted molar refractivity (Wildman–Crippen MR) is 64.4 cm³/mol. The van der Waals surface area contributed by atoms with Crippen LogP contribution in [0.3, 0.4) is 0 Å². The van der Waals surface area contributed by atoms with Gasteiger partial charge in [-0.2, -0.15) is 0 Å². The summed E-state index contributed by atoms with van der Waals surface area (Å²) in [6, 6.07) is 5.18. The molecule has 0 atom stereocenters. The van der Waals surface area contributed by atoms with Crippen molar-refractivity contribution in [1.82, 2.24) is 0 Å². The molecule has 0 heterocycles. The maximum atomic E-state index is 11.3. The van der Waals surface area contributed by atoms with Crippen molar-refractivity contribution in [3.05, 3.63) is 23.8 Å². The van der Waals surface area contributed by atoms with Crippen LogP contribution < -0.4 is 15.2 Å². The van der Waals surface area contributed by atoms with Gasteiger partial charge in [-0.1, -0.05) is 0 Å². The summed E-state index contributed by atoms with van der Waals surface area (Å²) >= 11 is 0. The Kier molecular flexibility index (Phi) is 3.22. The minimum absolute atomic E-state index is 0.0610. The van der Waals surface area contributed by atoms with Crippen LogP contribution in [-0.2, 0) is 0 Å². The van der Waals surface area contributed by atoms with Gasteiger partial charge in [0.15, 0.2) is 0 Å². The van der Waals surface area contributed by atoms with E-state index in [9.17, 15) is 4.79 Å². The smallest absolute Gasteiger partial charge is 0.252 e. The lowest BCUT2D eigenvalue weighted by molar-refractivity contribution is 0.0995. The van der Waals surface area contributed by atoms with E-state index in [1.54, 1.807) is 18.2 Å². The molecule has 1 saturated carbocycles. The van der Waals surface area contributed by atoms with Gasteiger partial charge in [-0.05, 0) is 44.9 Å². The third kappa shape index (κ3) is 3.12. The quantitative estimate of drug-likeness (QED) is 0.850. The Hall–Kier alpha value is -1.71. The Morgan fingerprint density at radius 2 is 2.12 bits per heavy atom. The highest BCUT2D eigenvalue weighted by atomic mass is 16.5. The molecule has 0 unspecified atom stereocenters. The van der Waals surface area contributed by atoms with Gasteiger partial charge in [0.05, 0.1) is 17.8 Å². The number of carbonyl (C=O) groups excluding carboxylic acids is 1. The van der Waals surface area contributed by atoms with E-state index in [1.165, 1.54) is 0 Å². The maximum absolute atomic E-state index is 11.3. The first-order valence-corrected chi connectivity index (χ1v) is 5.83. The van der Waals surface area contributed by atoms with Crippen LogP contribution in [0.5, 0.6) is 11.5 Å². The van der Waals surface area contributed by atoms with Crippen LogP contribution in [0.25, 0.3) is 0 Å². The van der Waals surface area contributed by atoms with E-state index < -0.39 is 5.91 Å². The van der Waals surface area contributed by atoms with Crippen LogP contribution >= 0.6 is 0 Å². The molecular weight excluding hydrogens is 218 g/mol. The molecule has 0 radical (unpaired) electrons. The van der Waals surface area contributed by atoms with Crippen molar-refractivity contribution >= 4 is 5.91 Å². The molecule has 0 saturated heterocycles. The molecule has 0 aromatic heterocycles. The molecule has 92 valence electrons. The van der Waals surface area contributed by atoms with Gasteiger partial charge < -0.3 is 15.2 Å². The molecule has 17 heavy (non-hydrogen) atoms. The first-order valence-electron chi connectivity index (χ1n) is 5.83. The Bertz CT molecular complexity index is 425. The highest BCUT2D eigenvalue weighted by Gasteiger charge is 2.25. The van der Waals surface area contributed by atoms with Crippen LogP contribution in [0.2, 0.25) is 0 Å². The lowest BCUT2D eigenvalue weighted by Crippen LogP contribution is -2.14. The Morgan fingerprint density at radius 3 is 2.65 bits per heavy atom. The first kappa shape index (κ1) is 11.8. The number of carbonyl (C=O) groups is 1. The normalized spacial score (nSPS) is 14.8. The van der Waals surface area contributed by atoms with Crippen molar-refractivity contribution in [1.29, 1.82) is 0 Å². The summed E-state index contributed by atoms with van der Waals surface area (Å²) < 4.78 is 11.1.